The third-order valence-electron chi connectivity index (χ3n) is 5.13. The molecule has 2 amide bonds. The zero-order valence-electron chi connectivity index (χ0n) is 16.0. The summed E-state index contributed by atoms with van der Waals surface area (Å²) < 4.78 is 0. The lowest BCUT2D eigenvalue weighted by atomic mass is 9.80. The highest BCUT2D eigenvalue weighted by atomic mass is 32.1. The molecule has 6 heteroatoms. The number of hydrogen-bond acceptors (Lipinski definition) is 4. The van der Waals surface area contributed by atoms with Gasteiger partial charge in [-0.3, -0.25) is 9.59 Å². The number of aryl methyl sites for hydroxylation is 1. The topological polar surface area (TPSA) is 71.1 Å². The van der Waals surface area contributed by atoms with Crippen molar-refractivity contribution in [1.82, 2.24) is 15.6 Å². The van der Waals surface area contributed by atoms with Gasteiger partial charge in [0.25, 0.3) is 0 Å². The fourth-order valence-electron chi connectivity index (χ4n) is 3.73. The van der Waals surface area contributed by atoms with E-state index in [1.165, 1.54) is 12.5 Å². The van der Waals surface area contributed by atoms with Crippen molar-refractivity contribution in [3.05, 3.63) is 40.2 Å². The van der Waals surface area contributed by atoms with Gasteiger partial charge in [0.15, 0.2) is 0 Å². The van der Waals surface area contributed by atoms with Crippen LogP contribution in [0.1, 0.15) is 49.6 Å². The van der Waals surface area contributed by atoms with Gasteiger partial charge in [-0.2, -0.15) is 0 Å². The van der Waals surface area contributed by atoms with Crippen LogP contribution in [-0.4, -0.2) is 28.9 Å². The number of hydrogen-bond donors (Lipinski definition) is 2. The van der Waals surface area contributed by atoms with E-state index in [1.807, 2.05) is 6.92 Å². The van der Waals surface area contributed by atoms with Gasteiger partial charge < -0.3 is 10.6 Å². The molecule has 0 unspecified atom stereocenters. The summed E-state index contributed by atoms with van der Waals surface area (Å²) in [4.78, 5) is 28.8. The number of aromatic nitrogens is 1. The summed E-state index contributed by atoms with van der Waals surface area (Å²) >= 11 is 1.65. The van der Waals surface area contributed by atoms with E-state index in [0.717, 1.165) is 54.8 Å². The number of amides is 2. The van der Waals surface area contributed by atoms with E-state index in [1.54, 1.807) is 11.3 Å². The van der Waals surface area contributed by atoms with Gasteiger partial charge in [0.2, 0.25) is 11.8 Å². The summed E-state index contributed by atoms with van der Waals surface area (Å²) in [6.07, 6.45) is 5.29. The molecule has 0 aliphatic heterocycles. The highest BCUT2D eigenvalue weighted by Gasteiger charge is 2.39. The summed E-state index contributed by atoms with van der Waals surface area (Å²) in [6.45, 7) is 4.05. The number of nitrogens with zero attached hydrogens (tertiary/aromatic N) is 1. The molecule has 2 N–H and O–H groups in total. The Kier molecular flexibility index (Phi) is 6.26. The van der Waals surface area contributed by atoms with Crippen molar-refractivity contribution in [3.8, 4) is 11.3 Å². The highest BCUT2D eigenvalue weighted by molar-refractivity contribution is 7.09. The van der Waals surface area contributed by atoms with Gasteiger partial charge in [0.1, 0.15) is 5.54 Å². The second kappa shape index (κ2) is 8.65. The molecule has 1 fully saturated rings. The van der Waals surface area contributed by atoms with E-state index in [-0.39, 0.29) is 11.8 Å². The molecule has 0 spiro atoms. The number of rotatable bonds is 6. The maximum absolute atomic E-state index is 12.8. The van der Waals surface area contributed by atoms with Crippen LogP contribution in [0.4, 0.5) is 0 Å². The first kappa shape index (κ1) is 19.5. The predicted octanol–water partition coefficient (Wildman–Crippen LogP) is 3.62. The summed E-state index contributed by atoms with van der Waals surface area (Å²) in [6, 6.07) is 8.32. The number of benzene rings is 1. The molecule has 2 aromatic rings. The van der Waals surface area contributed by atoms with Crippen LogP contribution in [0.2, 0.25) is 0 Å². The molecule has 1 aliphatic carbocycles. The molecule has 1 aromatic heterocycles. The average molecular weight is 386 g/mol. The molecule has 1 aromatic carbocycles. The summed E-state index contributed by atoms with van der Waals surface area (Å²) in [5, 5.41) is 9.07. The smallest absolute Gasteiger partial charge is 0.245 e. The number of thiazole rings is 1. The second-order valence-electron chi connectivity index (χ2n) is 7.28. The molecule has 5 nitrogen and oxygen atoms in total. The Morgan fingerprint density at radius 3 is 2.44 bits per heavy atom. The van der Waals surface area contributed by atoms with Crippen molar-refractivity contribution >= 4 is 23.2 Å². The van der Waals surface area contributed by atoms with Gasteiger partial charge in [0.05, 0.1) is 10.7 Å². The molecule has 3 rings (SSSR count). The highest BCUT2D eigenvalue weighted by Crippen LogP contribution is 2.28. The number of carbonyl (C=O) groups is 2. The first-order chi connectivity index (χ1) is 13.0. The second-order valence-corrected chi connectivity index (χ2v) is 8.34. The van der Waals surface area contributed by atoms with Gasteiger partial charge in [0, 0.05) is 24.4 Å². The molecule has 1 heterocycles. The van der Waals surface area contributed by atoms with Crippen molar-refractivity contribution in [3.63, 3.8) is 0 Å². The van der Waals surface area contributed by atoms with Crippen LogP contribution in [0.25, 0.3) is 11.3 Å². The lowest BCUT2D eigenvalue weighted by molar-refractivity contribution is -0.134. The van der Waals surface area contributed by atoms with Crippen LogP contribution in [0, 0.1) is 6.92 Å². The minimum Gasteiger partial charge on any atom is -0.354 e. The molecule has 27 heavy (non-hydrogen) atoms. The zero-order chi connectivity index (χ0) is 19.3. The molecule has 0 radical (unpaired) electrons. The van der Waals surface area contributed by atoms with Gasteiger partial charge in [-0.05, 0) is 31.7 Å². The largest absolute Gasteiger partial charge is 0.354 e. The fraction of sp³-hybridized carbons (Fsp3) is 0.476. The molecule has 1 aliphatic rings. The minimum atomic E-state index is -0.726. The van der Waals surface area contributed by atoms with Gasteiger partial charge in [-0.25, -0.2) is 4.98 Å². The third-order valence-corrected chi connectivity index (χ3v) is 5.90. The van der Waals surface area contributed by atoms with Crippen molar-refractivity contribution in [2.45, 2.75) is 57.9 Å². The third kappa shape index (κ3) is 4.95. The SMILES string of the molecule is CC(=O)NC1(C(=O)NCCc2ccc(-c3csc(C)n3)cc2)CCCCC1. The zero-order valence-corrected chi connectivity index (χ0v) is 16.8. The molecular weight excluding hydrogens is 358 g/mol. The maximum Gasteiger partial charge on any atom is 0.245 e. The normalized spacial score (nSPS) is 15.9. The first-order valence-corrected chi connectivity index (χ1v) is 10.4. The Balaban J connectivity index is 1.55. The molecule has 0 saturated heterocycles. The minimum absolute atomic E-state index is 0.0491. The lowest BCUT2D eigenvalue weighted by Crippen LogP contribution is -2.59. The Morgan fingerprint density at radius 1 is 1.15 bits per heavy atom. The maximum atomic E-state index is 12.8. The Labute approximate surface area is 164 Å². The van der Waals surface area contributed by atoms with E-state index in [9.17, 15) is 9.59 Å². The van der Waals surface area contributed by atoms with Crippen molar-refractivity contribution in [1.29, 1.82) is 0 Å². The Hall–Kier alpha value is -2.21. The Bertz CT molecular complexity index is 792. The van der Waals surface area contributed by atoms with Crippen molar-refractivity contribution in [2.24, 2.45) is 0 Å². The van der Waals surface area contributed by atoms with Crippen LogP contribution in [0.5, 0.6) is 0 Å². The summed E-state index contributed by atoms with van der Waals surface area (Å²) in [5.74, 6) is -0.188. The Morgan fingerprint density at radius 2 is 1.85 bits per heavy atom. The van der Waals surface area contributed by atoms with Crippen LogP contribution in [-0.2, 0) is 16.0 Å². The summed E-state index contributed by atoms with van der Waals surface area (Å²) in [7, 11) is 0. The van der Waals surface area contributed by atoms with Gasteiger partial charge in [-0.15, -0.1) is 11.3 Å². The standard InChI is InChI=1S/C21H27N3O2S/c1-15(25)24-21(11-4-3-5-12-21)20(26)22-13-10-17-6-8-18(9-7-17)19-14-27-16(2)23-19/h6-9,14H,3-5,10-13H2,1-2H3,(H,22,26)(H,24,25). The van der Waals surface area contributed by atoms with Gasteiger partial charge >= 0.3 is 0 Å². The van der Waals surface area contributed by atoms with Crippen LogP contribution in [0.3, 0.4) is 0 Å². The molecule has 0 bridgehead atoms. The van der Waals surface area contributed by atoms with Crippen LogP contribution < -0.4 is 10.6 Å². The first-order valence-electron chi connectivity index (χ1n) is 9.57. The summed E-state index contributed by atoms with van der Waals surface area (Å²) in [5.41, 5.74) is 2.56. The van der Waals surface area contributed by atoms with Crippen LogP contribution in [0.15, 0.2) is 29.6 Å². The lowest BCUT2D eigenvalue weighted by Gasteiger charge is -2.36. The van der Waals surface area contributed by atoms with E-state index >= 15 is 0 Å². The van der Waals surface area contributed by atoms with Crippen molar-refractivity contribution < 1.29 is 9.59 Å². The molecule has 1 saturated carbocycles. The molecule has 144 valence electrons. The van der Waals surface area contributed by atoms with E-state index in [2.05, 4.69) is 45.3 Å². The van der Waals surface area contributed by atoms with E-state index < -0.39 is 5.54 Å². The van der Waals surface area contributed by atoms with Crippen molar-refractivity contribution in [2.75, 3.05) is 6.54 Å². The predicted molar refractivity (Wildman–Crippen MR) is 109 cm³/mol. The fourth-order valence-corrected chi connectivity index (χ4v) is 4.35. The molecular formula is C21H27N3O2S. The quantitative estimate of drug-likeness (QED) is 0.798. The number of carbonyl (C=O) groups excluding carboxylic acids is 2. The van der Waals surface area contributed by atoms with Gasteiger partial charge in [-0.1, -0.05) is 43.5 Å². The molecule has 0 atom stereocenters. The average Bonchev–Trinajstić information content (AvgIpc) is 3.09. The monoisotopic (exact) mass is 385 g/mol. The van der Waals surface area contributed by atoms with Crippen LogP contribution >= 0.6 is 11.3 Å². The van der Waals surface area contributed by atoms with E-state index in [4.69, 9.17) is 0 Å². The van der Waals surface area contributed by atoms with E-state index in [0.29, 0.717) is 6.54 Å². The number of nitrogens with one attached hydrogen (secondary N) is 2.